The van der Waals surface area contributed by atoms with E-state index in [4.69, 9.17) is 16.6 Å². The fourth-order valence-corrected chi connectivity index (χ4v) is 5.07. The van der Waals surface area contributed by atoms with Gasteiger partial charge in [-0.25, -0.2) is 4.98 Å². The van der Waals surface area contributed by atoms with Gasteiger partial charge >= 0.3 is 5.97 Å². The molecule has 36 heavy (non-hydrogen) atoms. The van der Waals surface area contributed by atoms with Crippen LogP contribution in [0.3, 0.4) is 0 Å². The number of fused-ring (bicyclic) bond motifs is 1. The fourth-order valence-electron chi connectivity index (χ4n) is 4.44. The van der Waals surface area contributed by atoms with Crippen LogP contribution < -0.4 is 5.32 Å². The third-order valence-corrected chi connectivity index (χ3v) is 7.47. The second kappa shape index (κ2) is 10.4. The lowest BCUT2D eigenvalue weighted by molar-refractivity contribution is -0.148. The Hall–Kier alpha value is -3.22. The van der Waals surface area contributed by atoms with Gasteiger partial charge in [-0.15, -0.1) is 0 Å². The number of rotatable bonds is 7. The maximum atomic E-state index is 13.8. The number of aliphatic carboxylic acids is 1. The van der Waals surface area contributed by atoms with Crippen molar-refractivity contribution in [1.29, 1.82) is 0 Å². The summed E-state index contributed by atoms with van der Waals surface area (Å²) in [6.45, 7) is 5.28. The summed E-state index contributed by atoms with van der Waals surface area (Å²) >= 11 is 9.96. The van der Waals surface area contributed by atoms with Gasteiger partial charge in [0, 0.05) is 32.9 Å². The Bertz CT molecular complexity index is 1450. The number of nitrogens with zero attached hydrogens (tertiary/aromatic N) is 1. The number of carboxylic acids is 1. The zero-order valence-electron chi connectivity index (χ0n) is 20.2. The standard InChI is InChI=1S/C29H26BrClN2O3/c1-17-25(21-15-19(30)13-14-24(21)33-26(17)18-9-5-4-6-10-18)27(34)32-16-22(29(2,3)28(35)36)20-11-7-8-12-23(20)31/h4-15,22H,16H2,1-3H3,(H,32,34)(H,35,36). The van der Waals surface area contributed by atoms with Gasteiger partial charge in [-0.3, -0.25) is 9.59 Å². The fraction of sp³-hybridized carbons (Fsp3) is 0.207. The van der Waals surface area contributed by atoms with E-state index in [0.717, 1.165) is 21.3 Å². The first kappa shape index (κ1) is 25.9. The smallest absolute Gasteiger partial charge is 0.309 e. The summed E-state index contributed by atoms with van der Waals surface area (Å²) < 4.78 is 0.832. The van der Waals surface area contributed by atoms with Crippen molar-refractivity contribution in [3.63, 3.8) is 0 Å². The van der Waals surface area contributed by atoms with Crippen LogP contribution in [0, 0.1) is 12.3 Å². The van der Waals surface area contributed by atoms with Crippen molar-refractivity contribution in [1.82, 2.24) is 10.3 Å². The van der Waals surface area contributed by atoms with Gasteiger partial charge in [-0.05, 0) is 56.2 Å². The number of hydrogen-bond acceptors (Lipinski definition) is 3. The molecule has 1 amide bonds. The Morgan fingerprint density at radius 1 is 1.06 bits per heavy atom. The minimum absolute atomic E-state index is 0.0970. The topological polar surface area (TPSA) is 79.3 Å². The largest absolute Gasteiger partial charge is 0.481 e. The summed E-state index contributed by atoms with van der Waals surface area (Å²) in [4.78, 5) is 30.8. The van der Waals surface area contributed by atoms with E-state index in [1.807, 2.05) is 67.6 Å². The van der Waals surface area contributed by atoms with Crippen molar-refractivity contribution in [2.24, 2.45) is 5.41 Å². The van der Waals surface area contributed by atoms with E-state index in [-0.39, 0.29) is 12.5 Å². The number of hydrogen-bond donors (Lipinski definition) is 2. The van der Waals surface area contributed by atoms with Gasteiger partial charge in [0.25, 0.3) is 5.91 Å². The third kappa shape index (κ3) is 5.01. The van der Waals surface area contributed by atoms with Crippen molar-refractivity contribution >= 4 is 50.3 Å². The highest BCUT2D eigenvalue weighted by molar-refractivity contribution is 9.10. The van der Waals surface area contributed by atoms with E-state index in [2.05, 4.69) is 21.2 Å². The van der Waals surface area contributed by atoms with Crippen molar-refractivity contribution in [2.45, 2.75) is 26.7 Å². The lowest BCUT2D eigenvalue weighted by atomic mass is 9.74. The Kier molecular flexibility index (Phi) is 7.48. The van der Waals surface area contributed by atoms with Crippen LogP contribution in [0.1, 0.15) is 41.3 Å². The van der Waals surface area contributed by atoms with Gasteiger partial charge in [0.1, 0.15) is 0 Å². The van der Waals surface area contributed by atoms with Crippen LogP contribution in [0.2, 0.25) is 5.02 Å². The van der Waals surface area contributed by atoms with E-state index in [0.29, 0.717) is 27.1 Å². The second-order valence-electron chi connectivity index (χ2n) is 9.30. The second-order valence-corrected chi connectivity index (χ2v) is 10.6. The summed E-state index contributed by atoms with van der Waals surface area (Å²) in [7, 11) is 0. The highest BCUT2D eigenvalue weighted by atomic mass is 79.9. The molecule has 0 aliphatic heterocycles. The number of carbonyl (C=O) groups excluding carboxylic acids is 1. The minimum Gasteiger partial charge on any atom is -0.481 e. The molecule has 4 aromatic rings. The van der Waals surface area contributed by atoms with Gasteiger partial charge < -0.3 is 10.4 Å². The van der Waals surface area contributed by atoms with Crippen LogP contribution >= 0.6 is 27.5 Å². The Morgan fingerprint density at radius 3 is 2.39 bits per heavy atom. The lowest BCUT2D eigenvalue weighted by Gasteiger charge is -2.32. The summed E-state index contributed by atoms with van der Waals surface area (Å²) in [5.74, 6) is -1.82. The number of pyridine rings is 1. The maximum Gasteiger partial charge on any atom is 0.309 e. The molecule has 4 rings (SSSR count). The molecule has 3 aromatic carbocycles. The summed E-state index contributed by atoms with van der Waals surface area (Å²) in [6.07, 6.45) is 0. The molecule has 1 aromatic heterocycles. The van der Waals surface area contributed by atoms with Crippen LogP contribution in [0.4, 0.5) is 0 Å². The van der Waals surface area contributed by atoms with Crippen molar-refractivity contribution in [3.8, 4) is 11.3 Å². The molecule has 184 valence electrons. The van der Waals surface area contributed by atoms with E-state index < -0.39 is 17.3 Å². The number of halogens is 2. The number of amides is 1. The van der Waals surface area contributed by atoms with Gasteiger partial charge in [0.05, 0.1) is 22.2 Å². The molecule has 0 fully saturated rings. The molecule has 0 spiro atoms. The van der Waals surface area contributed by atoms with Gasteiger partial charge in [-0.2, -0.15) is 0 Å². The highest BCUT2D eigenvalue weighted by Gasteiger charge is 2.39. The van der Waals surface area contributed by atoms with Gasteiger partial charge in [0.15, 0.2) is 0 Å². The molecule has 0 radical (unpaired) electrons. The summed E-state index contributed by atoms with van der Waals surface area (Å²) in [5.41, 5.74) is 3.09. The van der Waals surface area contributed by atoms with Crippen LogP contribution in [-0.2, 0) is 4.79 Å². The maximum absolute atomic E-state index is 13.8. The van der Waals surface area contributed by atoms with E-state index in [1.165, 1.54) is 0 Å². The monoisotopic (exact) mass is 564 g/mol. The van der Waals surface area contributed by atoms with E-state index in [9.17, 15) is 14.7 Å². The molecule has 0 saturated carbocycles. The first-order valence-electron chi connectivity index (χ1n) is 11.5. The van der Waals surface area contributed by atoms with E-state index in [1.54, 1.807) is 26.0 Å². The molecule has 0 saturated heterocycles. The van der Waals surface area contributed by atoms with E-state index >= 15 is 0 Å². The molecule has 7 heteroatoms. The van der Waals surface area contributed by atoms with Gasteiger partial charge in [0.2, 0.25) is 0 Å². The van der Waals surface area contributed by atoms with Crippen LogP contribution in [0.25, 0.3) is 22.2 Å². The Morgan fingerprint density at radius 2 is 1.72 bits per heavy atom. The predicted octanol–water partition coefficient (Wildman–Crippen LogP) is 7.25. The number of carboxylic acid groups (broad SMARTS) is 1. The molecule has 2 N–H and O–H groups in total. The number of nitrogens with one attached hydrogen (secondary N) is 1. The number of benzene rings is 3. The number of carbonyl (C=O) groups is 2. The molecule has 0 aliphatic rings. The predicted molar refractivity (Wildman–Crippen MR) is 148 cm³/mol. The molecule has 1 atom stereocenters. The van der Waals surface area contributed by atoms with Crippen molar-refractivity contribution < 1.29 is 14.7 Å². The summed E-state index contributed by atoms with van der Waals surface area (Å²) in [5, 5.41) is 14.1. The third-order valence-electron chi connectivity index (χ3n) is 6.63. The van der Waals surface area contributed by atoms with Crippen molar-refractivity contribution in [2.75, 3.05) is 6.54 Å². The first-order valence-corrected chi connectivity index (χ1v) is 12.7. The van der Waals surface area contributed by atoms with Crippen LogP contribution in [0.15, 0.2) is 77.3 Å². The quantitative estimate of drug-likeness (QED) is 0.247. The molecule has 0 bridgehead atoms. The Labute approximate surface area is 223 Å². The normalized spacial score (nSPS) is 12.4. The summed E-state index contributed by atoms with van der Waals surface area (Å²) in [6, 6.07) is 22.5. The molecule has 1 unspecified atom stereocenters. The SMILES string of the molecule is Cc1c(-c2ccccc2)nc2ccc(Br)cc2c1C(=O)NCC(c1ccccc1Cl)C(C)(C)C(=O)O. The zero-order chi connectivity index (χ0) is 26.0. The average Bonchev–Trinajstić information content (AvgIpc) is 2.85. The zero-order valence-corrected chi connectivity index (χ0v) is 22.5. The van der Waals surface area contributed by atoms with Crippen molar-refractivity contribution in [3.05, 3.63) is 99.0 Å². The first-order chi connectivity index (χ1) is 17.1. The van der Waals surface area contributed by atoms with Gasteiger partial charge in [-0.1, -0.05) is 76.1 Å². The minimum atomic E-state index is -1.17. The van der Waals surface area contributed by atoms with Crippen LogP contribution in [0.5, 0.6) is 0 Å². The van der Waals surface area contributed by atoms with Crippen LogP contribution in [-0.4, -0.2) is 28.5 Å². The molecular weight excluding hydrogens is 540 g/mol. The molecule has 1 heterocycles. The molecule has 5 nitrogen and oxygen atoms in total. The molecule has 0 aliphatic carbocycles. The average molecular weight is 566 g/mol. The Balaban J connectivity index is 1.78. The highest BCUT2D eigenvalue weighted by Crippen LogP contribution is 2.39. The number of aromatic nitrogens is 1. The lowest BCUT2D eigenvalue weighted by Crippen LogP contribution is -2.39. The molecular formula is C29H26BrClN2O3.